The molecule has 2 aromatic heterocycles. The fourth-order valence-electron chi connectivity index (χ4n) is 3.01. The average molecular weight is 311 g/mol. The van der Waals surface area contributed by atoms with Crippen LogP contribution in [-0.2, 0) is 12.8 Å². The maximum absolute atomic E-state index is 14.5. The van der Waals surface area contributed by atoms with E-state index in [9.17, 15) is 8.78 Å². The van der Waals surface area contributed by atoms with Crippen LogP contribution in [0.15, 0.2) is 36.5 Å². The summed E-state index contributed by atoms with van der Waals surface area (Å²) in [4.78, 5) is 11.4. The van der Waals surface area contributed by atoms with Crippen molar-refractivity contribution in [2.24, 2.45) is 0 Å². The third-order valence-corrected chi connectivity index (χ3v) is 4.24. The van der Waals surface area contributed by atoms with Gasteiger partial charge >= 0.3 is 0 Å². The molecule has 0 radical (unpaired) electrons. The predicted octanol–water partition coefficient (Wildman–Crippen LogP) is 4.30. The van der Waals surface area contributed by atoms with Crippen LogP contribution in [0, 0.1) is 11.8 Å². The number of rotatable bonds is 2. The molecular weight excluding hydrogens is 296 g/mol. The lowest BCUT2D eigenvalue weighted by atomic mass is 10.0. The SMILES string of the molecule is Fc1ccc(-c2ccc(-c3nc4c([nH]3)CCCC4)c(F)c2)cn1. The normalized spacial score (nSPS) is 13.8. The Hall–Kier alpha value is -2.56. The smallest absolute Gasteiger partial charge is 0.212 e. The summed E-state index contributed by atoms with van der Waals surface area (Å²) < 4.78 is 27.4. The zero-order chi connectivity index (χ0) is 15.8. The molecule has 0 bridgehead atoms. The Bertz CT molecular complexity index is 830. The van der Waals surface area contributed by atoms with Gasteiger partial charge < -0.3 is 4.98 Å². The number of aryl methyl sites for hydroxylation is 2. The van der Waals surface area contributed by atoms with Gasteiger partial charge in [0, 0.05) is 17.5 Å². The summed E-state index contributed by atoms with van der Waals surface area (Å²) in [6, 6.07) is 7.79. The van der Waals surface area contributed by atoms with E-state index in [2.05, 4.69) is 15.0 Å². The number of imidazole rings is 1. The van der Waals surface area contributed by atoms with Crippen molar-refractivity contribution >= 4 is 0 Å². The Kier molecular flexibility index (Phi) is 3.41. The van der Waals surface area contributed by atoms with Crippen molar-refractivity contribution < 1.29 is 8.78 Å². The Morgan fingerprint density at radius 1 is 0.957 bits per heavy atom. The summed E-state index contributed by atoms with van der Waals surface area (Å²) in [5, 5.41) is 0. The molecule has 3 nitrogen and oxygen atoms in total. The van der Waals surface area contributed by atoms with Crippen molar-refractivity contribution in [3.05, 3.63) is 59.7 Å². The van der Waals surface area contributed by atoms with Crippen LogP contribution in [0.1, 0.15) is 24.2 Å². The highest BCUT2D eigenvalue weighted by molar-refractivity contribution is 5.68. The molecule has 1 aliphatic carbocycles. The molecule has 0 amide bonds. The van der Waals surface area contributed by atoms with E-state index in [0.29, 0.717) is 22.5 Å². The number of benzene rings is 1. The Labute approximate surface area is 132 Å². The summed E-state index contributed by atoms with van der Waals surface area (Å²) >= 11 is 0. The monoisotopic (exact) mass is 311 g/mol. The lowest BCUT2D eigenvalue weighted by molar-refractivity contribution is 0.584. The second kappa shape index (κ2) is 5.57. The summed E-state index contributed by atoms with van der Waals surface area (Å²) in [5.74, 6) is -0.317. The Morgan fingerprint density at radius 2 is 1.78 bits per heavy atom. The van der Waals surface area contributed by atoms with Gasteiger partial charge in [-0.05, 0) is 55.5 Å². The van der Waals surface area contributed by atoms with Gasteiger partial charge in [-0.1, -0.05) is 6.07 Å². The highest BCUT2D eigenvalue weighted by Crippen LogP contribution is 2.28. The highest BCUT2D eigenvalue weighted by atomic mass is 19.1. The molecular formula is C18H15F2N3. The molecule has 5 heteroatoms. The molecule has 2 heterocycles. The summed E-state index contributed by atoms with van der Waals surface area (Å²) in [5.41, 5.74) is 3.97. The first-order valence-corrected chi connectivity index (χ1v) is 7.70. The van der Waals surface area contributed by atoms with Crippen LogP contribution >= 0.6 is 0 Å². The first-order chi connectivity index (χ1) is 11.2. The van der Waals surface area contributed by atoms with Crippen molar-refractivity contribution in [2.45, 2.75) is 25.7 Å². The number of H-pyrrole nitrogens is 1. The zero-order valence-electron chi connectivity index (χ0n) is 12.4. The van der Waals surface area contributed by atoms with Crippen LogP contribution in [0.25, 0.3) is 22.5 Å². The largest absolute Gasteiger partial charge is 0.342 e. The molecule has 0 unspecified atom stereocenters. The molecule has 0 spiro atoms. The fourth-order valence-corrected chi connectivity index (χ4v) is 3.01. The maximum Gasteiger partial charge on any atom is 0.212 e. The molecule has 0 saturated carbocycles. The van der Waals surface area contributed by atoms with Gasteiger partial charge in [0.05, 0.1) is 11.3 Å². The lowest BCUT2D eigenvalue weighted by Gasteiger charge is -2.07. The van der Waals surface area contributed by atoms with Crippen LogP contribution in [0.5, 0.6) is 0 Å². The zero-order valence-corrected chi connectivity index (χ0v) is 12.4. The molecule has 1 aromatic carbocycles. The van der Waals surface area contributed by atoms with Crippen LogP contribution in [0.4, 0.5) is 8.78 Å². The number of aromatic amines is 1. The topological polar surface area (TPSA) is 41.6 Å². The van der Waals surface area contributed by atoms with Gasteiger partial charge in [0.1, 0.15) is 11.6 Å². The maximum atomic E-state index is 14.5. The number of pyridine rings is 1. The molecule has 3 aromatic rings. The van der Waals surface area contributed by atoms with Gasteiger partial charge in [-0.15, -0.1) is 0 Å². The van der Waals surface area contributed by atoms with Crippen LogP contribution in [-0.4, -0.2) is 15.0 Å². The number of halogens is 2. The Balaban J connectivity index is 1.70. The number of aromatic nitrogens is 3. The molecule has 116 valence electrons. The summed E-state index contributed by atoms with van der Waals surface area (Å²) in [6.07, 6.45) is 5.61. The molecule has 1 aliphatic rings. The third-order valence-electron chi connectivity index (χ3n) is 4.24. The van der Waals surface area contributed by atoms with E-state index in [1.165, 1.54) is 18.3 Å². The minimum Gasteiger partial charge on any atom is -0.342 e. The highest BCUT2D eigenvalue weighted by Gasteiger charge is 2.17. The van der Waals surface area contributed by atoms with E-state index in [0.717, 1.165) is 37.1 Å². The van der Waals surface area contributed by atoms with E-state index in [1.54, 1.807) is 18.2 Å². The first-order valence-electron chi connectivity index (χ1n) is 7.70. The number of hydrogen-bond donors (Lipinski definition) is 1. The molecule has 23 heavy (non-hydrogen) atoms. The molecule has 1 N–H and O–H groups in total. The summed E-state index contributed by atoms with van der Waals surface area (Å²) in [7, 11) is 0. The number of nitrogens with one attached hydrogen (secondary N) is 1. The van der Waals surface area contributed by atoms with Crippen LogP contribution < -0.4 is 0 Å². The van der Waals surface area contributed by atoms with Gasteiger partial charge in [0.15, 0.2) is 0 Å². The van der Waals surface area contributed by atoms with Crippen molar-refractivity contribution in [3.63, 3.8) is 0 Å². The number of hydrogen-bond acceptors (Lipinski definition) is 2. The van der Waals surface area contributed by atoms with Crippen molar-refractivity contribution in [1.29, 1.82) is 0 Å². The Morgan fingerprint density at radius 3 is 2.52 bits per heavy atom. The first kappa shape index (κ1) is 14.1. The predicted molar refractivity (Wildman–Crippen MR) is 83.8 cm³/mol. The number of fused-ring (bicyclic) bond motifs is 1. The molecule has 4 rings (SSSR count). The van der Waals surface area contributed by atoms with Crippen molar-refractivity contribution in [2.75, 3.05) is 0 Å². The van der Waals surface area contributed by atoms with Gasteiger partial charge in [-0.3, -0.25) is 0 Å². The minimum atomic E-state index is -0.549. The third kappa shape index (κ3) is 2.63. The molecule has 0 fully saturated rings. The summed E-state index contributed by atoms with van der Waals surface area (Å²) in [6.45, 7) is 0. The molecule has 0 atom stereocenters. The standard InChI is InChI=1S/C18H15F2N3/c19-14-9-11(12-6-8-17(20)21-10-12)5-7-13(14)18-22-15-3-1-2-4-16(15)23-18/h5-10H,1-4H2,(H,22,23). The van der Waals surface area contributed by atoms with Gasteiger partial charge in [0.25, 0.3) is 0 Å². The molecule has 0 aliphatic heterocycles. The minimum absolute atomic E-state index is 0.349. The van der Waals surface area contributed by atoms with Gasteiger partial charge in [0.2, 0.25) is 5.95 Å². The van der Waals surface area contributed by atoms with E-state index in [-0.39, 0.29) is 5.82 Å². The molecule has 0 saturated heterocycles. The van der Waals surface area contributed by atoms with Crippen molar-refractivity contribution in [3.8, 4) is 22.5 Å². The quantitative estimate of drug-likeness (QED) is 0.717. The van der Waals surface area contributed by atoms with E-state index in [4.69, 9.17) is 0 Å². The average Bonchev–Trinajstić information content (AvgIpc) is 2.99. The fraction of sp³-hybridized carbons (Fsp3) is 0.222. The lowest BCUT2D eigenvalue weighted by Crippen LogP contribution is -2.00. The second-order valence-corrected chi connectivity index (χ2v) is 5.78. The van der Waals surface area contributed by atoms with Gasteiger partial charge in [-0.2, -0.15) is 4.39 Å². The van der Waals surface area contributed by atoms with Crippen molar-refractivity contribution in [1.82, 2.24) is 15.0 Å². The van der Waals surface area contributed by atoms with E-state index >= 15 is 0 Å². The van der Waals surface area contributed by atoms with Crippen LogP contribution in [0.3, 0.4) is 0 Å². The van der Waals surface area contributed by atoms with Crippen LogP contribution in [0.2, 0.25) is 0 Å². The van der Waals surface area contributed by atoms with Gasteiger partial charge in [-0.25, -0.2) is 14.4 Å². The second-order valence-electron chi connectivity index (χ2n) is 5.78. The van der Waals surface area contributed by atoms with E-state index < -0.39 is 5.95 Å². The number of nitrogens with zero attached hydrogens (tertiary/aromatic N) is 2. The van der Waals surface area contributed by atoms with E-state index in [1.807, 2.05) is 0 Å².